The molecule has 1 saturated carbocycles. The molecule has 0 aromatic rings. The van der Waals surface area contributed by atoms with Gasteiger partial charge in [-0.1, -0.05) is 12.8 Å². The van der Waals surface area contributed by atoms with Crippen molar-refractivity contribution in [2.45, 2.75) is 63.6 Å². The van der Waals surface area contributed by atoms with Gasteiger partial charge in [0.1, 0.15) is 0 Å². The first-order valence-corrected chi connectivity index (χ1v) is 7.75. The predicted octanol–water partition coefficient (Wildman–Crippen LogP) is 0.986. The van der Waals surface area contributed by atoms with Crippen molar-refractivity contribution >= 4 is 11.8 Å². The van der Waals surface area contributed by atoms with Crippen LogP contribution in [-0.4, -0.2) is 60.4 Å². The van der Waals surface area contributed by atoms with Crippen molar-refractivity contribution in [3.8, 4) is 0 Å². The topological polar surface area (TPSA) is 52.7 Å². The van der Waals surface area contributed by atoms with Crippen LogP contribution < -0.4 is 5.32 Å². The standard InChI is InChI=1S/C15H27N3O2/c1-11(8-9-17(2)3)16-13-10-14(19)18(15(13)20)12-6-4-5-7-12/h11-13,16H,4-10H2,1-3H3. The fraction of sp³-hybridized carbons (Fsp3) is 0.867. The van der Waals surface area contributed by atoms with E-state index in [0.717, 1.165) is 38.6 Å². The number of imide groups is 1. The van der Waals surface area contributed by atoms with Crippen LogP contribution in [0.5, 0.6) is 0 Å². The minimum absolute atomic E-state index is 0.00129. The molecule has 1 saturated heterocycles. The molecule has 2 amide bonds. The molecule has 2 rings (SSSR count). The smallest absolute Gasteiger partial charge is 0.247 e. The zero-order valence-corrected chi connectivity index (χ0v) is 12.9. The lowest BCUT2D eigenvalue weighted by Crippen LogP contribution is -2.45. The second-order valence-electron chi connectivity index (χ2n) is 6.46. The number of amides is 2. The molecule has 2 aliphatic rings. The number of hydrogen-bond acceptors (Lipinski definition) is 4. The third-order valence-electron chi connectivity index (χ3n) is 4.37. The van der Waals surface area contributed by atoms with Crippen LogP contribution >= 0.6 is 0 Å². The van der Waals surface area contributed by atoms with Gasteiger partial charge in [-0.05, 0) is 46.8 Å². The maximum atomic E-state index is 12.4. The molecule has 0 bridgehead atoms. The molecule has 1 N–H and O–H groups in total. The lowest BCUT2D eigenvalue weighted by atomic mass is 10.1. The van der Waals surface area contributed by atoms with Crippen molar-refractivity contribution in [2.75, 3.05) is 20.6 Å². The molecule has 1 aliphatic carbocycles. The molecule has 2 fully saturated rings. The van der Waals surface area contributed by atoms with E-state index >= 15 is 0 Å². The van der Waals surface area contributed by atoms with Gasteiger partial charge in [-0.2, -0.15) is 0 Å². The number of rotatable bonds is 6. The van der Waals surface area contributed by atoms with Crippen LogP contribution in [0, 0.1) is 0 Å². The first-order valence-electron chi connectivity index (χ1n) is 7.75. The van der Waals surface area contributed by atoms with Gasteiger partial charge in [0.05, 0.1) is 12.5 Å². The number of likely N-dealkylation sites (tertiary alicyclic amines) is 1. The predicted molar refractivity (Wildman–Crippen MR) is 78.3 cm³/mol. The Morgan fingerprint density at radius 1 is 1.30 bits per heavy atom. The third-order valence-corrected chi connectivity index (χ3v) is 4.37. The van der Waals surface area contributed by atoms with Gasteiger partial charge in [0.2, 0.25) is 11.8 Å². The fourth-order valence-electron chi connectivity index (χ4n) is 3.21. The molecular formula is C15H27N3O2. The number of hydrogen-bond donors (Lipinski definition) is 1. The number of carbonyl (C=O) groups is 2. The summed E-state index contributed by atoms with van der Waals surface area (Å²) in [5.41, 5.74) is 0. The monoisotopic (exact) mass is 281 g/mol. The molecule has 20 heavy (non-hydrogen) atoms. The van der Waals surface area contributed by atoms with E-state index in [4.69, 9.17) is 0 Å². The van der Waals surface area contributed by atoms with Crippen LogP contribution in [-0.2, 0) is 9.59 Å². The van der Waals surface area contributed by atoms with Crippen LogP contribution in [0.1, 0.15) is 45.4 Å². The van der Waals surface area contributed by atoms with Gasteiger partial charge < -0.3 is 10.2 Å². The van der Waals surface area contributed by atoms with Gasteiger partial charge in [0.25, 0.3) is 0 Å². The summed E-state index contributed by atoms with van der Waals surface area (Å²) in [5.74, 6) is 0.0119. The van der Waals surface area contributed by atoms with E-state index in [1.54, 1.807) is 4.90 Å². The SMILES string of the molecule is CC(CCN(C)C)NC1CC(=O)N(C2CCCC2)C1=O. The highest BCUT2D eigenvalue weighted by molar-refractivity contribution is 6.05. The Labute approximate surface area is 121 Å². The van der Waals surface area contributed by atoms with Crippen LogP contribution in [0.4, 0.5) is 0 Å². The van der Waals surface area contributed by atoms with E-state index in [2.05, 4.69) is 17.1 Å². The normalized spacial score (nSPS) is 26.0. The Kier molecular flexibility index (Phi) is 5.16. The van der Waals surface area contributed by atoms with Gasteiger partial charge >= 0.3 is 0 Å². The van der Waals surface area contributed by atoms with E-state index in [0.29, 0.717) is 6.42 Å². The average molecular weight is 281 g/mol. The van der Waals surface area contributed by atoms with Gasteiger partial charge in [0.15, 0.2) is 0 Å². The van der Waals surface area contributed by atoms with Crippen LogP contribution in [0.15, 0.2) is 0 Å². The Balaban J connectivity index is 1.87. The van der Waals surface area contributed by atoms with Crippen LogP contribution in [0.3, 0.4) is 0 Å². The summed E-state index contributed by atoms with van der Waals surface area (Å²) in [6, 6.07) is 0.113. The van der Waals surface area contributed by atoms with Crippen molar-refractivity contribution in [1.29, 1.82) is 0 Å². The molecule has 5 nitrogen and oxygen atoms in total. The summed E-state index contributed by atoms with van der Waals surface area (Å²) in [5, 5.41) is 3.33. The fourth-order valence-corrected chi connectivity index (χ4v) is 3.21. The molecule has 0 aromatic heterocycles. The van der Waals surface area contributed by atoms with Gasteiger partial charge in [0, 0.05) is 12.1 Å². The zero-order chi connectivity index (χ0) is 14.7. The molecule has 0 radical (unpaired) electrons. The van der Waals surface area contributed by atoms with Crippen LogP contribution in [0.25, 0.3) is 0 Å². The van der Waals surface area contributed by atoms with Crippen molar-refractivity contribution < 1.29 is 9.59 Å². The van der Waals surface area contributed by atoms with Crippen molar-refractivity contribution in [3.05, 3.63) is 0 Å². The summed E-state index contributed by atoms with van der Waals surface area (Å²) >= 11 is 0. The number of nitrogens with zero attached hydrogens (tertiary/aromatic N) is 2. The maximum Gasteiger partial charge on any atom is 0.247 e. The van der Waals surface area contributed by atoms with Crippen LogP contribution in [0.2, 0.25) is 0 Å². The minimum Gasteiger partial charge on any atom is -0.309 e. The highest BCUT2D eigenvalue weighted by Crippen LogP contribution is 2.28. The first kappa shape index (κ1) is 15.4. The molecule has 1 aliphatic heterocycles. The molecular weight excluding hydrogens is 254 g/mol. The minimum atomic E-state index is -0.305. The maximum absolute atomic E-state index is 12.4. The van der Waals surface area contributed by atoms with Gasteiger partial charge in [-0.3, -0.25) is 14.5 Å². The average Bonchev–Trinajstić information content (AvgIpc) is 2.97. The lowest BCUT2D eigenvalue weighted by molar-refractivity contribution is -0.141. The quantitative estimate of drug-likeness (QED) is 0.738. The van der Waals surface area contributed by atoms with E-state index in [9.17, 15) is 9.59 Å². The second-order valence-corrected chi connectivity index (χ2v) is 6.46. The lowest BCUT2D eigenvalue weighted by Gasteiger charge is -2.23. The number of nitrogens with one attached hydrogen (secondary N) is 1. The Hall–Kier alpha value is -0.940. The highest BCUT2D eigenvalue weighted by Gasteiger charge is 2.43. The Morgan fingerprint density at radius 2 is 1.95 bits per heavy atom. The van der Waals surface area contributed by atoms with E-state index in [1.165, 1.54) is 0 Å². The number of carbonyl (C=O) groups excluding carboxylic acids is 2. The van der Waals surface area contributed by atoms with E-state index in [-0.39, 0.29) is 29.9 Å². The zero-order valence-electron chi connectivity index (χ0n) is 12.9. The van der Waals surface area contributed by atoms with E-state index in [1.807, 2.05) is 14.1 Å². The Bertz CT molecular complexity index is 364. The largest absolute Gasteiger partial charge is 0.309 e. The highest BCUT2D eigenvalue weighted by atomic mass is 16.2. The first-order chi connectivity index (χ1) is 9.49. The molecule has 2 atom stereocenters. The molecule has 2 unspecified atom stereocenters. The van der Waals surface area contributed by atoms with E-state index < -0.39 is 0 Å². The molecule has 1 heterocycles. The molecule has 0 aromatic carbocycles. The summed E-state index contributed by atoms with van der Waals surface area (Å²) < 4.78 is 0. The Morgan fingerprint density at radius 3 is 2.55 bits per heavy atom. The van der Waals surface area contributed by atoms with Gasteiger partial charge in [-0.25, -0.2) is 0 Å². The summed E-state index contributed by atoms with van der Waals surface area (Å²) in [4.78, 5) is 28.2. The second kappa shape index (κ2) is 6.68. The summed E-state index contributed by atoms with van der Waals surface area (Å²) in [6.07, 6.45) is 5.56. The van der Waals surface area contributed by atoms with Crippen molar-refractivity contribution in [3.63, 3.8) is 0 Å². The summed E-state index contributed by atoms with van der Waals surface area (Å²) in [7, 11) is 4.08. The van der Waals surface area contributed by atoms with Crippen molar-refractivity contribution in [2.24, 2.45) is 0 Å². The third kappa shape index (κ3) is 3.58. The molecule has 114 valence electrons. The van der Waals surface area contributed by atoms with Crippen molar-refractivity contribution in [1.82, 2.24) is 15.1 Å². The molecule has 0 spiro atoms. The molecule has 5 heteroatoms. The summed E-state index contributed by atoms with van der Waals surface area (Å²) in [6.45, 7) is 3.06. The van der Waals surface area contributed by atoms with Gasteiger partial charge in [-0.15, -0.1) is 0 Å².